The maximum absolute atomic E-state index is 9.20. The van der Waals surface area contributed by atoms with E-state index in [9.17, 15) is 5.11 Å². The Kier molecular flexibility index (Phi) is 2.86. The second-order valence-corrected chi connectivity index (χ2v) is 4.15. The van der Waals surface area contributed by atoms with Crippen molar-refractivity contribution in [3.8, 4) is 0 Å². The van der Waals surface area contributed by atoms with E-state index in [2.05, 4.69) is 11.8 Å². The minimum atomic E-state index is 0.309. The van der Waals surface area contributed by atoms with Gasteiger partial charge in [-0.2, -0.15) is 0 Å². The highest BCUT2D eigenvalue weighted by Crippen LogP contribution is 2.27. The standard InChI is InChI=1S/C10H19NO2/c1-8-10(4-6-13-8)11-5-2-3-9(11)7-12/h8-10,12H,2-7H2,1H3/t8?,9-,10?/m1/s1. The van der Waals surface area contributed by atoms with E-state index in [1.165, 1.54) is 6.42 Å². The van der Waals surface area contributed by atoms with Gasteiger partial charge < -0.3 is 9.84 Å². The summed E-state index contributed by atoms with van der Waals surface area (Å²) in [6, 6.07) is 0.953. The summed E-state index contributed by atoms with van der Waals surface area (Å²) < 4.78 is 5.55. The van der Waals surface area contributed by atoms with E-state index in [0.29, 0.717) is 24.8 Å². The molecule has 0 aromatic heterocycles. The van der Waals surface area contributed by atoms with Crippen LogP contribution in [0, 0.1) is 0 Å². The Bertz CT molecular complexity index is 174. The van der Waals surface area contributed by atoms with Crippen LogP contribution in [0.3, 0.4) is 0 Å². The first kappa shape index (κ1) is 9.44. The molecule has 2 saturated heterocycles. The molecule has 3 nitrogen and oxygen atoms in total. The van der Waals surface area contributed by atoms with Gasteiger partial charge >= 0.3 is 0 Å². The minimum Gasteiger partial charge on any atom is -0.395 e. The predicted molar refractivity (Wildman–Crippen MR) is 50.6 cm³/mol. The van der Waals surface area contributed by atoms with Crippen LogP contribution in [-0.2, 0) is 4.74 Å². The molecule has 13 heavy (non-hydrogen) atoms. The SMILES string of the molecule is CC1OCCC1N1CCC[C@@H]1CO. The molecule has 0 amide bonds. The molecule has 2 unspecified atom stereocenters. The molecule has 0 saturated carbocycles. The Morgan fingerprint density at radius 1 is 1.46 bits per heavy atom. The van der Waals surface area contributed by atoms with Gasteiger partial charge in [-0.25, -0.2) is 0 Å². The van der Waals surface area contributed by atoms with Crippen LogP contribution < -0.4 is 0 Å². The molecule has 3 heteroatoms. The minimum absolute atomic E-state index is 0.309. The van der Waals surface area contributed by atoms with Crippen molar-refractivity contribution in [2.75, 3.05) is 19.8 Å². The van der Waals surface area contributed by atoms with Crippen LogP contribution in [0.1, 0.15) is 26.2 Å². The van der Waals surface area contributed by atoms with Crippen LogP contribution in [0.25, 0.3) is 0 Å². The maximum Gasteiger partial charge on any atom is 0.0703 e. The van der Waals surface area contributed by atoms with Gasteiger partial charge in [0.15, 0.2) is 0 Å². The molecule has 2 aliphatic heterocycles. The van der Waals surface area contributed by atoms with E-state index >= 15 is 0 Å². The van der Waals surface area contributed by atoms with Crippen molar-refractivity contribution in [2.45, 2.75) is 44.4 Å². The van der Waals surface area contributed by atoms with Gasteiger partial charge in [-0.05, 0) is 32.7 Å². The average molecular weight is 185 g/mol. The van der Waals surface area contributed by atoms with Crippen molar-refractivity contribution in [1.29, 1.82) is 0 Å². The Morgan fingerprint density at radius 3 is 2.92 bits per heavy atom. The van der Waals surface area contributed by atoms with E-state index in [1.807, 2.05) is 0 Å². The second kappa shape index (κ2) is 3.95. The summed E-state index contributed by atoms with van der Waals surface area (Å²) in [5.74, 6) is 0. The number of rotatable bonds is 2. The van der Waals surface area contributed by atoms with Crippen molar-refractivity contribution in [2.24, 2.45) is 0 Å². The summed E-state index contributed by atoms with van der Waals surface area (Å²) in [6.45, 7) is 4.48. The Labute approximate surface area is 79.7 Å². The fourth-order valence-corrected chi connectivity index (χ4v) is 2.65. The van der Waals surface area contributed by atoms with Crippen LogP contribution in [0.2, 0.25) is 0 Å². The first-order chi connectivity index (χ1) is 6.33. The molecule has 2 aliphatic rings. The second-order valence-electron chi connectivity index (χ2n) is 4.15. The molecule has 0 aromatic rings. The van der Waals surface area contributed by atoms with Crippen molar-refractivity contribution in [1.82, 2.24) is 4.90 Å². The molecule has 0 aromatic carbocycles. The zero-order valence-corrected chi connectivity index (χ0v) is 8.28. The largest absolute Gasteiger partial charge is 0.395 e. The number of aliphatic hydroxyl groups is 1. The molecule has 76 valence electrons. The van der Waals surface area contributed by atoms with Gasteiger partial charge in [0.2, 0.25) is 0 Å². The zero-order chi connectivity index (χ0) is 9.26. The van der Waals surface area contributed by atoms with Crippen molar-refractivity contribution < 1.29 is 9.84 Å². The van der Waals surface area contributed by atoms with Gasteiger partial charge in [-0.1, -0.05) is 0 Å². The lowest BCUT2D eigenvalue weighted by atomic mass is 10.1. The van der Waals surface area contributed by atoms with E-state index in [4.69, 9.17) is 4.74 Å². The highest BCUT2D eigenvalue weighted by atomic mass is 16.5. The first-order valence-electron chi connectivity index (χ1n) is 5.31. The number of ether oxygens (including phenoxy) is 1. The highest BCUT2D eigenvalue weighted by Gasteiger charge is 2.36. The molecule has 2 heterocycles. The molecule has 0 aliphatic carbocycles. The third kappa shape index (κ3) is 1.73. The summed E-state index contributed by atoms with van der Waals surface area (Å²) in [4.78, 5) is 2.44. The first-order valence-corrected chi connectivity index (χ1v) is 5.31. The fraction of sp³-hybridized carbons (Fsp3) is 1.00. The quantitative estimate of drug-likeness (QED) is 0.684. The summed E-state index contributed by atoms with van der Waals surface area (Å²) in [7, 11) is 0. The van der Waals surface area contributed by atoms with Crippen LogP contribution >= 0.6 is 0 Å². The van der Waals surface area contributed by atoms with Crippen molar-refractivity contribution >= 4 is 0 Å². The summed E-state index contributed by atoms with van der Waals surface area (Å²) in [6.07, 6.45) is 3.87. The molecule has 3 atom stereocenters. The fourth-order valence-electron chi connectivity index (χ4n) is 2.65. The van der Waals surface area contributed by atoms with Crippen LogP contribution in [0.5, 0.6) is 0 Å². The normalized spacial score (nSPS) is 41.5. The maximum atomic E-state index is 9.20. The molecular formula is C10H19NO2. The third-order valence-corrected chi connectivity index (χ3v) is 3.40. The van der Waals surface area contributed by atoms with Gasteiger partial charge in [0.25, 0.3) is 0 Å². The number of nitrogens with zero attached hydrogens (tertiary/aromatic N) is 1. The number of hydrogen-bond donors (Lipinski definition) is 1. The Balaban J connectivity index is 1.98. The van der Waals surface area contributed by atoms with Crippen LogP contribution in [-0.4, -0.2) is 48.0 Å². The highest BCUT2D eigenvalue weighted by molar-refractivity contribution is 4.89. The zero-order valence-electron chi connectivity index (χ0n) is 8.28. The van der Waals surface area contributed by atoms with E-state index in [-0.39, 0.29) is 0 Å². The summed E-state index contributed by atoms with van der Waals surface area (Å²) >= 11 is 0. The topological polar surface area (TPSA) is 32.7 Å². The molecule has 2 rings (SSSR count). The van der Waals surface area contributed by atoms with Gasteiger partial charge in [-0.3, -0.25) is 4.90 Å². The van der Waals surface area contributed by atoms with E-state index in [0.717, 1.165) is 26.0 Å². The van der Waals surface area contributed by atoms with E-state index in [1.54, 1.807) is 0 Å². The molecule has 0 radical (unpaired) electrons. The smallest absolute Gasteiger partial charge is 0.0703 e. The predicted octanol–water partition coefficient (Wildman–Crippen LogP) is 0.620. The average Bonchev–Trinajstić information content (AvgIpc) is 2.71. The lowest BCUT2D eigenvalue weighted by molar-refractivity contribution is 0.0547. The van der Waals surface area contributed by atoms with E-state index < -0.39 is 0 Å². The van der Waals surface area contributed by atoms with Crippen molar-refractivity contribution in [3.05, 3.63) is 0 Å². The lowest BCUT2D eigenvalue weighted by Crippen LogP contribution is -2.44. The Morgan fingerprint density at radius 2 is 2.31 bits per heavy atom. The van der Waals surface area contributed by atoms with Crippen molar-refractivity contribution in [3.63, 3.8) is 0 Å². The summed E-state index contributed by atoms with van der Waals surface area (Å²) in [5, 5.41) is 9.20. The monoisotopic (exact) mass is 185 g/mol. The number of likely N-dealkylation sites (tertiary alicyclic amines) is 1. The number of hydrogen-bond acceptors (Lipinski definition) is 3. The molecule has 0 spiro atoms. The van der Waals surface area contributed by atoms with Gasteiger partial charge in [-0.15, -0.1) is 0 Å². The molecular weight excluding hydrogens is 166 g/mol. The van der Waals surface area contributed by atoms with Gasteiger partial charge in [0, 0.05) is 18.7 Å². The molecule has 0 bridgehead atoms. The molecule has 1 N–H and O–H groups in total. The Hall–Kier alpha value is -0.120. The lowest BCUT2D eigenvalue weighted by Gasteiger charge is -2.31. The summed E-state index contributed by atoms with van der Waals surface area (Å²) in [5.41, 5.74) is 0. The molecule has 2 fully saturated rings. The van der Waals surface area contributed by atoms with Crippen LogP contribution in [0.15, 0.2) is 0 Å². The van der Waals surface area contributed by atoms with Gasteiger partial charge in [0.1, 0.15) is 0 Å². The number of aliphatic hydroxyl groups excluding tert-OH is 1. The third-order valence-electron chi connectivity index (χ3n) is 3.40. The van der Waals surface area contributed by atoms with Crippen LogP contribution in [0.4, 0.5) is 0 Å². The van der Waals surface area contributed by atoms with Gasteiger partial charge in [0.05, 0.1) is 12.7 Å².